The number of carbonyl (C=O) groups excluding carboxylic acids is 2. The summed E-state index contributed by atoms with van der Waals surface area (Å²) < 4.78 is 13.6. The molecule has 0 saturated heterocycles. The summed E-state index contributed by atoms with van der Waals surface area (Å²) in [6.07, 6.45) is 0. The van der Waals surface area contributed by atoms with Crippen molar-refractivity contribution in [1.82, 2.24) is 24.1 Å². The SMILES string of the molecule is CCOC(=O)c1c(C)[nH]c(C(=O)OCc2nnc3n(C)c(=O)c4ccccc4n23)c1C. The van der Waals surface area contributed by atoms with Gasteiger partial charge in [0.1, 0.15) is 5.69 Å². The first kappa shape index (κ1) is 20.3. The molecule has 31 heavy (non-hydrogen) atoms. The lowest BCUT2D eigenvalue weighted by Crippen LogP contribution is -2.20. The number of nitrogens with one attached hydrogen (secondary N) is 1. The lowest BCUT2D eigenvalue weighted by atomic mass is 10.1. The number of hydrogen-bond acceptors (Lipinski definition) is 7. The first-order chi connectivity index (χ1) is 14.8. The predicted octanol–water partition coefficient (Wildman–Crippen LogP) is 2.06. The van der Waals surface area contributed by atoms with Gasteiger partial charge >= 0.3 is 11.9 Å². The Morgan fingerprint density at radius 3 is 2.58 bits per heavy atom. The minimum absolute atomic E-state index is 0.172. The zero-order chi connectivity index (χ0) is 22.3. The number of fused-ring (bicyclic) bond motifs is 3. The summed E-state index contributed by atoms with van der Waals surface area (Å²) in [6.45, 7) is 5.12. The third-order valence-electron chi connectivity index (χ3n) is 5.15. The van der Waals surface area contributed by atoms with E-state index < -0.39 is 11.9 Å². The minimum Gasteiger partial charge on any atom is -0.462 e. The third-order valence-corrected chi connectivity index (χ3v) is 5.15. The smallest absolute Gasteiger partial charge is 0.355 e. The van der Waals surface area contributed by atoms with Crippen LogP contribution in [0.1, 0.15) is 44.9 Å². The van der Waals surface area contributed by atoms with Gasteiger partial charge in [-0.05, 0) is 38.5 Å². The number of hydrogen-bond donors (Lipinski definition) is 1. The second-order valence-electron chi connectivity index (χ2n) is 7.05. The molecule has 160 valence electrons. The van der Waals surface area contributed by atoms with Crippen LogP contribution in [0, 0.1) is 13.8 Å². The van der Waals surface area contributed by atoms with E-state index in [1.165, 1.54) is 4.57 Å². The Bertz CT molecular complexity index is 1390. The van der Waals surface area contributed by atoms with Gasteiger partial charge in [0, 0.05) is 12.7 Å². The summed E-state index contributed by atoms with van der Waals surface area (Å²) in [6, 6.07) is 7.08. The average molecular weight is 423 g/mol. The fourth-order valence-electron chi connectivity index (χ4n) is 3.65. The van der Waals surface area contributed by atoms with Crippen molar-refractivity contribution in [2.24, 2.45) is 7.05 Å². The maximum atomic E-state index is 12.7. The number of benzene rings is 1. The molecule has 0 aliphatic heterocycles. The highest BCUT2D eigenvalue weighted by Crippen LogP contribution is 2.21. The topological polar surface area (TPSA) is 121 Å². The van der Waals surface area contributed by atoms with Crippen LogP contribution in [-0.2, 0) is 23.1 Å². The first-order valence-corrected chi connectivity index (χ1v) is 9.70. The van der Waals surface area contributed by atoms with E-state index in [0.29, 0.717) is 39.3 Å². The number of carbonyl (C=O) groups is 2. The second-order valence-corrected chi connectivity index (χ2v) is 7.05. The van der Waals surface area contributed by atoms with E-state index in [4.69, 9.17) is 9.47 Å². The number of ether oxygens (including phenoxy) is 2. The Labute approximate surface area is 176 Å². The maximum absolute atomic E-state index is 12.7. The molecule has 0 unspecified atom stereocenters. The van der Waals surface area contributed by atoms with Crippen molar-refractivity contribution in [3.8, 4) is 0 Å². The largest absolute Gasteiger partial charge is 0.462 e. The van der Waals surface area contributed by atoms with Gasteiger partial charge < -0.3 is 14.5 Å². The van der Waals surface area contributed by atoms with Crippen molar-refractivity contribution in [2.45, 2.75) is 27.4 Å². The van der Waals surface area contributed by atoms with Crippen LogP contribution < -0.4 is 5.56 Å². The number of rotatable bonds is 5. The van der Waals surface area contributed by atoms with Gasteiger partial charge in [-0.25, -0.2) is 9.59 Å². The molecule has 0 atom stereocenters. The summed E-state index contributed by atoms with van der Waals surface area (Å²) in [5.74, 6) is -0.432. The number of esters is 2. The second kappa shape index (κ2) is 7.71. The summed E-state index contributed by atoms with van der Waals surface area (Å²) in [5, 5.41) is 8.68. The van der Waals surface area contributed by atoms with Crippen molar-refractivity contribution in [3.05, 3.63) is 63.0 Å². The molecule has 1 aromatic carbocycles. The first-order valence-electron chi connectivity index (χ1n) is 9.70. The molecule has 0 amide bonds. The highest BCUT2D eigenvalue weighted by Gasteiger charge is 2.24. The number of para-hydroxylation sites is 1. The molecule has 0 radical (unpaired) electrons. The van der Waals surface area contributed by atoms with E-state index in [-0.39, 0.29) is 24.5 Å². The standard InChI is InChI=1S/C21H21N5O5/c1-5-30-19(28)16-11(2)17(22-12(16)3)20(29)31-10-15-23-24-21-25(4)18(27)13-8-6-7-9-14(13)26(15)21/h6-9,22H,5,10H2,1-4H3. The molecule has 0 aliphatic carbocycles. The summed E-state index contributed by atoms with van der Waals surface area (Å²) in [5.41, 5.74) is 1.90. The van der Waals surface area contributed by atoms with Crippen LogP contribution in [0.3, 0.4) is 0 Å². The number of aryl methyl sites for hydroxylation is 2. The van der Waals surface area contributed by atoms with Crippen molar-refractivity contribution >= 4 is 28.6 Å². The lowest BCUT2D eigenvalue weighted by Gasteiger charge is -2.08. The Morgan fingerprint density at radius 2 is 1.84 bits per heavy atom. The highest BCUT2D eigenvalue weighted by atomic mass is 16.5. The molecule has 4 rings (SSSR count). The molecule has 0 bridgehead atoms. The molecular weight excluding hydrogens is 402 g/mol. The monoisotopic (exact) mass is 423 g/mol. The van der Waals surface area contributed by atoms with Crippen LogP contribution in [0.4, 0.5) is 0 Å². The van der Waals surface area contributed by atoms with Gasteiger partial charge in [0.15, 0.2) is 12.4 Å². The molecule has 3 aromatic heterocycles. The summed E-state index contributed by atoms with van der Waals surface area (Å²) >= 11 is 0. The van der Waals surface area contributed by atoms with E-state index in [0.717, 1.165) is 0 Å². The fraction of sp³-hybridized carbons (Fsp3) is 0.286. The number of H-pyrrole nitrogens is 1. The Morgan fingerprint density at radius 1 is 1.10 bits per heavy atom. The predicted molar refractivity (Wildman–Crippen MR) is 111 cm³/mol. The fourth-order valence-corrected chi connectivity index (χ4v) is 3.65. The lowest BCUT2D eigenvalue weighted by molar-refractivity contribution is 0.0454. The molecule has 0 fully saturated rings. The van der Waals surface area contributed by atoms with Gasteiger partial charge in [0.2, 0.25) is 5.78 Å². The quantitative estimate of drug-likeness (QED) is 0.488. The van der Waals surface area contributed by atoms with Crippen LogP contribution in [0.2, 0.25) is 0 Å². The van der Waals surface area contributed by atoms with Crippen molar-refractivity contribution < 1.29 is 19.1 Å². The average Bonchev–Trinajstić information content (AvgIpc) is 3.31. The summed E-state index contributed by atoms with van der Waals surface area (Å²) in [7, 11) is 1.61. The number of aromatic nitrogens is 5. The van der Waals surface area contributed by atoms with Crippen molar-refractivity contribution in [2.75, 3.05) is 6.61 Å². The molecular formula is C21H21N5O5. The van der Waals surface area contributed by atoms with Crippen LogP contribution in [0.25, 0.3) is 16.7 Å². The van der Waals surface area contributed by atoms with Crippen LogP contribution >= 0.6 is 0 Å². The zero-order valence-electron chi connectivity index (χ0n) is 17.6. The Hall–Kier alpha value is -3.95. The maximum Gasteiger partial charge on any atom is 0.355 e. The molecule has 4 aromatic rings. The van der Waals surface area contributed by atoms with E-state index >= 15 is 0 Å². The van der Waals surface area contributed by atoms with Gasteiger partial charge in [-0.2, -0.15) is 0 Å². The number of nitrogens with zero attached hydrogens (tertiary/aromatic N) is 4. The van der Waals surface area contributed by atoms with Gasteiger partial charge in [-0.1, -0.05) is 12.1 Å². The van der Waals surface area contributed by atoms with Gasteiger partial charge in [0.05, 0.1) is 23.1 Å². The van der Waals surface area contributed by atoms with E-state index in [2.05, 4.69) is 15.2 Å². The van der Waals surface area contributed by atoms with Gasteiger partial charge in [-0.15, -0.1) is 10.2 Å². The molecule has 0 aliphatic rings. The minimum atomic E-state index is -0.637. The van der Waals surface area contributed by atoms with E-state index in [1.807, 2.05) is 0 Å². The van der Waals surface area contributed by atoms with Crippen LogP contribution in [0.15, 0.2) is 29.1 Å². The molecule has 1 N–H and O–H groups in total. The van der Waals surface area contributed by atoms with Crippen LogP contribution in [0.5, 0.6) is 0 Å². The highest BCUT2D eigenvalue weighted by molar-refractivity contribution is 5.98. The van der Waals surface area contributed by atoms with Crippen molar-refractivity contribution in [3.63, 3.8) is 0 Å². The van der Waals surface area contributed by atoms with Gasteiger partial charge in [0.25, 0.3) is 5.56 Å². The number of aromatic amines is 1. The third kappa shape index (κ3) is 3.25. The van der Waals surface area contributed by atoms with Crippen molar-refractivity contribution in [1.29, 1.82) is 0 Å². The van der Waals surface area contributed by atoms with E-state index in [1.54, 1.807) is 56.5 Å². The zero-order valence-corrected chi connectivity index (χ0v) is 17.6. The van der Waals surface area contributed by atoms with Gasteiger partial charge in [-0.3, -0.25) is 13.8 Å². The molecule has 10 heteroatoms. The van der Waals surface area contributed by atoms with Crippen LogP contribution in [-0.4, -0.2) is 42.7 Å². The summed E-state index contributed by atoms with van der Waals surface area (Å²) in [4.78, 5) is 40.3. The normalized spacial score (nSPS) is 11.2. The molecule has 0 spiro atoms. The molecule has 3 heterocycles. The van der Waals surface area contributed by atoms with E-state index in [9.17, 15) is 14.4 Å². The molecule has 0 saturated carbocycles. The molecule has 10 nitrogen and oxygen atoms in total. The Kier molecular flexibility index (Phi) is 5.05. The Balaban J connectivity index is 1.67.